The summed E-state index contributed by atoms with van der Waals surface area (Å²) in [5.41, 5.74) is 2.51. The van der Waals surface area contributed by atoms with Crippen LogP contribution in [0.4, 0.5) is 8.78 Å². The summed E-state index contributed by atoms with van der Waals surface area (Å²) in [6.07, 6.45) is 6.33. The molecule has 0 amide bonds. The summed E-state index contributed by atoms with van der Waals surface area (Å²) in [6.45, 7) is 2.34. The molecule has 0 saturated heterocycles. The fourth-order valence-corrected chi connectivity index (χ4v) is 6.44. The van der Waals surface area contributed by atoms with E-state index in [1.807, 2.05) is 37.4 Å². The minimum atomic E-state index is -2.78. The Kier molecular flexibility index (Phi) is 5.26. The highest BCUT2D eigenvalue weighted by Gasteiger charge is 2.60. The van der Waals surface area contributed by atoms with Crippen molar-refractivity contribution in [2.45, 2.75) is 80.9 Å². The summed E-state index contributed by atoms with van der Waals surface area (Å²) in [5, 5.41) is 22.7. The second-order valence-corrected chi connectivity index (χ2v) is 11.9. The maximum atomic E-state index is 14.3. The van der Waals surface area contributed by atoms with Crippen molar-refractivity contribution in [3.63, 3.8) is 0 Å². The van der Waals surface area contributed by atoms with Crippen LogP contribution in [-0.4, -0.2) is 47.0 Å². The molecule has 1 unspecified atom stereocenters. The van der Waals surface area contributed by atoms with Crippen molar-refractivity contribution < 1.29 is 13.9 Å². The van der Waals surface area contributed by atoms with Crippen LogP contribution in [0.25, 0.3) is 16.6 Å². The Morgan fingerprint density at radius 2 is 2.00 bits per heavy atom. The van der Waals surface area contributed by atoms with Crippen LogP contribution in [0.5, 0.6) is 0 Å². The highest BCUT2D eigenvalue weighted by Crippen LogP contribution is 2.56. The van der Waals surface area contributed by atoms with Gasteiger partial charge >= 0.3 is 0 Å². The van der Waals surface area contributed by atoms with Gasteiger partial charge in [-0.3, -0.25) is 9.36 Å². The number of hydrogen-bond donors (Lipinski definition) is 3. The lowest BCUT2D eigenvalue weighted by Gasteiger charge is -2.46. The fraction of sp³-hybridized carbons (Fsp3) is 0.483. The van der Waals surface area contributed by atoms with Crippen LogP contribution in [-0.2, 0) is 19.0 Å². The number of aromatic nitrogens is 5. The van der Waals surface area contributed by atoms with Crippen LogP contribution in [0, 0.1) is 0 Å². The molecule has 0 aliphatic heterocycles. The Bertz CT molecular complexity index is 1630. The number of aryl methyl sites for hydroxylation is 1. The van der Waals surface area contributed by atoms with Crippen molar-refractivity contribution in [3.05, 3.63) is 75.9 Å². The zero-order valence-electron chi connectivity index (χ0n) is 22.0. The van der Waals surface area contributed by atoms with Crippen LogP contribution >= 0.6 is 0 Å². The first-order valence-electron chi connectivity index (χ1n) is 13.6. The molecule has 3 saturated carbocycles. The van der Waals surface area contributed by atoms with Gasteiger partial charge in [-0.15, -0.1) is 10.2 Å². The Hall–Kier alpha value is -3.37. The van der Waals surface area contributed by atoms with E-state index in [9.17, 15) is 18.7 Å². The first-order valence-corrected chi connectivity index (χ1v) is 13.6. The van der Waals surface area contributed by atoms with E-state index in [2.05, 4.69) is 26.6 Å². The lowest BCUT2D eigenvalue weighted by molar-refractivity contribution is -0.116. The number of nitrogens with zero attached hydrogens (tertiary/aromatic N) is 4. The average molecular weight is 535 g/mol. The lowest BCUT2D eigenvalue weighted by atomic mass is 9.61. The van der Waals surface area contributed by atoms with E-state index in [1.54, 1.807) is 16.2 Å². The van der Waals surface area contributed by atoms with E-state index < -0.39 is 17.4 Å². The Morgan fingerprint density at radius 3 is 2.62 bits per heavy atom. The zero-order chi connectivity index (χ0) is 27.2. The van der Waals surface area contributed by atoms with Gasteiger partial charge in [0.1, 0.15) is 17.7 Å². The summed E-state index contributed by atoms with van der Waals surface area (Å²) in [5.74, 6) is -1.89. The fourth-order valence-electron chi connectivity index (χ4n) is 6.44. The van der Waals surface area contributed by atoms with Crippen molar-refractivity contribution in [1.29, 1.82) is 0 Å². The standard InChI is InChI=1S/C29H32F2N6O2/c1-17(38)28(8-9-28)32-12-20-11-22-23(18-6-7-18)13-37(25(39)24(22)34-20)21-5-3-4-19(10-21)27(14-29(30,31)15-27)26-35-33-16-36(26)2/h3-5,10-11,13,16-18,32,34,38H,6-9,12,14-15H2,1-2H3. The van der Waals surface area contributed by atoms with Crippen LogP contribution in [0.3, 0.4) is 0 Å². The van der Waals surface area contributed by atoms with Crippen LogP contribution in [0.15, 0.2) is 47.7 Å². The number of pyridine rings is 1. The maximum absolute atomic E-state index is 14.3. The van der Waals surface area contributed by atoms with Gasteiger partial charge in [-0.05, 0) is 67.9 Å². The minimum absolute atomic E-state index is 0.180. The van der Waals surface area contributed by atoms with E-state index in [1.165, 1.54) is 6.33 Å². The van der Waals surface area contributed by atoms with Gasteiger partial charge in [0.25, 0.3) is 11.5 Å². The number of aromatic amines is 1. The van der Waals surface area contributed by atoms with Gasteiger partial charge in [-0.25, -0.2) is 8.78 Å². The molecule has 3 N–H and O–H groups in total. The van der Waals surface area contributed by atoms with Crippen molar-refractivity contribution in [1.82, 2.24) is 29.6 Å². The number of hydrogen-bond acceptors (Lipinski definition) is 5. The molecule has 3 aromatic heterocycles. The summed E-state index contributed by atoms with van der Waals surface area (Å²) in [6, 6.07) is 9.41. The number of nitrogens with one attached hydrogen (secondary N) is 2. The second-order valence-electron chi connectivity index (χ2n) is 11.9. The highest BCUT2D eigenvalue weighted by molar-refractivity contribution is 5.84. The topological polar surface area (TPSA) is 101 Å². The number of aliphatic hydroxyl groups is 1. The average Bonchev–Trinajstić information content (AvgIpc) is 3.80. The molecule has 3 fully saturated rings. The second kappa shape index (κ2) is 8.32. The van der Waals surface area contributed by atoms with Gasteiger partial charge in [0.2, 0.25) is 0 Å². The summed E-state index contributed by atoms with van der Waals surface area (Å²) < 4.78 is 32.0. The normalized spacial score (nSPS) is 21.6. The van der Waals surface area contributed by atoms with E-state index in [-0.39, 0.29) is 23.9 Å². The third-order valence-electron chi connectivity index (χ3n) is 9.06. The molecule has 0 spiro atoms. The maximum Gasteiger partial charge on any atom is 0.279 e. The third-order valence-corrected chi connectivity index (χ3v) is 9.06. The third kappa shape index (κ3) is 3.95. The molecule has 39 heavy (non-hydrogen) atoms. The van der Waals surface area contributed by atoms with Crippen molar-refractivity contribution >= 4 is 10.9 Å². The SMILES string of the molecule is CC(O)C1(NCc2cc3c(C4CC4)cn(-c4cccc(C5(c6nncn6C)CC(F)(F)C5)c4)c(=O)c3[nH]2)CC1. The number of aliphatic hydroxyl groups excluding tert-OH is 1. The molecule has 0 bridgehead atoms. The Morgan fingerprint density at radius 1 is 1.23 bits per heavy atom. The van der Waals surface area contributed by atoms with Gasteiger partial charge in [-0.2, -0.15) is 0 Å². The molecule has 1 atom stereocenters. The van der Waals surface area contributed by atoms with Crippen LogP contribution < -0.4 is 10.9 Å². The van der Waals surface area contributed by atoms with E-state index in [0.29, 0.717) is 35.1 Å². The van der Waals surface area contributed by atoms with Crippen molar-refractivity contribution in [2.75, 3.05) is 0 Å². The first kappa shape index (κ1) is 24.7. The van der Waals surface area contributed by atoms with Gasteiger partial charge in [0.05, 0.1) is 11.5 Å². The molecule has 3 heterocycles. The number of halogens is 2. The Labute approximate surface area is 224 Å². The summed E-state index contributed by atoms with van der Waals surface area (Å²) in [4.78, 5) is 17.2. The molecule has 7 rings (SSSR count). The number of H-pyrrole nitrogens is 1. The van der Waals surface area contributed by atoms with Gasteiger partial charge in [-0.1, -0.05) is 12.1 Å². The van der Waals surface area contributed by atoms with Gasteiger partial charge in [0, 0.05) is 54.9 Å². The number of benzene rings is 1. The van der Waals surface area contributed by atoms with Crippen molar-refractivity contribution in [3.8, 4) is 5.69 Å². The summed E-state index contributed by atoms with van der Waals surface area (Å²) in [7, 11) is 1.77. The van der Waals surface area contributed by atoms with Gasteiger partial charge in [0.15, 0.2) is 0 Å². The smallest absolute Gasteiger partial charge is 0.279 e. The van der Waals surface area contributed by atoms with Gasteiger partial charge < -0.3 is 20.0 Å². The van der Waals surface area contributed by atoms with Crippen molar-refractivity contribution in [2.24, 2.45) is 7.05 Å². The largest absolute Gasteiger partial charge is 0.391 e. The van der Waals surface area contributed by atoms with Crippen LogP contribution in [0.1, 0.15) is 74.0 Å². The highest BCUT2D eigenvalue weighted by atomic mass is 19.3. The molecule has 8 nitrogen and oxygen atoms in total. The predicted octanol–water partition coefficient (Wildman–Crippen LogP) is 4.04. The predicted molar refractivity (Wildman–Crippen MR) is 142 cm³/mol. The molecule has 3 aliphatic rings. The number of rotatable bonds is 8. The molecular formula is C29H32F2N6O2. The first-order chi connectivity index (χ1) is 18.6. The summed E-state index contributed by atoms with van der Waals surface area (Å²) >= 11 is 0. The molecular weight excluding hydrogens is 502 g/mol. The van der Waals surface area contributed by atoms with Crippen LogP contribution in [0.2, 0.25) is 0 Å². The molecule has 204 valence electrons. The monoisotopic (exact) mass is 534 g/mol. The Balaban J connectivity index is 1.30. The molecule has 0 radical (unpaired) electrons. The molecule has 1 aromatic carbocycles. The number of alkyl halides is 2. The van der Waals surface area contributed by atoms with E-state index in [4.69, 9.17) is 0 Å². The van der Waals surface area contributed by atoms with E-state index >= 15 is 0 Å². The molecule has 3 aliphatic carbocycles. The van der Waals surface area contributed by atoms with E-state index in [0.717, 1.165) is 42.3 Å². The minimum Gasteiger partial charge on any atom is -0.391 e. The number of fused-ring (bicyclic) bond motifs is 1. The zero-order valence-corrected chi connectivity index (χ0v) is 22.0. The quantitative estimate of drug-likeness (QED) is 0.317. The lowest BCUT2D eigenvalue weighted by Crippen LogP contribution is -2.51. The molecule has 4 aromatic rings. The molecule has 10 heteroatoms.